The molecule has 164 valence electrons. The summed E-state index contributed by atoms with van der Waals surface area (Å²) in [6.07, 6.45) is 0.869. The molecule has 0 bridgehead atoms. The maximum atomic E-state index is 5.96. The monoisotopic (exact) mass is 452 g/mol. The van der Waals surface area contributed by atoms with Crippen molar-refractivity contribution in [2.75, 3.05) is 11.9 Å². The maximum Gasteiger partial charge on any atom is 0.130 e. The molecule has 0 fully saturated rings. The lowest BCUT2D eigenvalue weighted by atomic mass is 10.1. The second-order valence-electron chi connectivity index (χ2n) is 7.82. The summed E-state index contributed by atoms with van der Waals surface area (Å²) < 4.78 is 7.12. The third kappa shape index (κ3) is 5.35. The van der Waals surface area contributed by atoms with Gasteiger partial charge < -0.3 is 10.1 Å². The van der Waals surface area contributed by atoms with Gasteiger partial charge in [-0.1, -0.05) is 48.5 Å². The van der Waals surface area contributed by atoms with Gasteiger partial charge in [-0.25, -0.2) is 15.0 Å². The lowest BCUT2D eigenvalue weighted by Gasteiger charge is -2.10. The topological polar surface area (TPSA) is 59.9 Å². The number of nitrogens with zero attached hydrogens (tertiary/aromatic N) is 3. The van der Waals surface area contributed by atoms with Crippen LogP contribution in [-0.2, 0) is 13.0 Å². The van der Waals surface area contributed by atoms with Crippen LogP contribution in [0.5, 0.6) is 5.75 Å². The Labute approximate surface area is 197 Å². The number of nitrogens with one attached hydrogen (secondary N) is 1. The maximum absolute atomic E-state index is 5.96. The molecule has 5 nitrogen and oxygen atoms in total. The predicted molar refractivity (Wildman–Crippen MR) is 135 cm³/mol. The third-order valence-electron chi connectivity index (χ3n) is 5.33. The van der Waals surface area contributed by atoms with Crippen molar-refractivity contribution in [1.82, 2.24) is 15.0 Å². The molecular formula is C27H24N4OS. The van der Waals surface area contributed by atoms with Gasteiger partial charge >= 0.3 is 0 Å². The van der Waals surface area contributed by atoms with Crippen LogP contribution in [0, 0.1) is 6.92 Å². The molecule has 0 radical (unpaired) electrons. The average Bonchev–Trinajstić information content (AvgIpc) is 3.31. The highest BCUT2D eigenvalue weighted by atomic mass is 32.1. The lowest BCUT2D eigenvalue weighted by molar-refractivity contribution is 0.306. The van der Waals surface area contributed by atoms with Crippen LogP contribution in [0.25, 0.3) is 21.5 Å². The molecule has 0 aliphatic heterocycles. The first-order chi connectivity index (χ1) is 16.2. The summed E-state index contributed by atoms with van der Waals surface area (Å²) in [5.41, 5.74) is 7.25. The third-order valence-corrected chi connectivity index (χ3v) is 6.12. The lowest BCUT2D eigenvalue weighted by Crippen LogP contribution is -2.08. The molecule has 1 N–H and O–H groups in total. The minimum absolute atomic E-state index is 0.568. The Balaban J connectivity index is 1.22. The number of hydrogen-bond acceptors (Lipinski definition) is 6. The van der Waals surface area contributed by atoms with Crippen LogP contribution < -0.4 is 10.1 Å². The molecule has 3 aromatic carbocycles. The van der Waals surface area contributed by atoms with E-state index in [1.54, 1.807) is 11.3 Å². The first-order valence-corrected chi connectivity index (χ1v) is 11.8. The van der Waals surface area contributed by atoms with E-state index < -0.39 is 0 Å². The molecule has 0 atom stereocenters. The summed E-state index contributed by atoms with van der Waals surface area (Å²) in [5.74, 6) is 2.46. The van der Waals surface area contributed by atoms with Crippen molar-refractivity contribution in [2.24, 2.45) is 0 Å². The van der Waals surface area contributed by atoms with Gasteiger partial charge in [0.05, 0.1) is 21.4 Å². The van der Waals surface area contributed by atoms with Crippen molar-refractivity contribution in [1.29, 1.82) is 0 Å². The number of anilines is 1. The first kappa shape index (κ1) is 21.1. The smallest absolute Gasteiger partial charge is 0.130 e. The van der Waals surface area contributed by atoms with Crippen LogP contribution in [0.3, 0.4) is 0 Å². The van der Waals surface area contributed by atoms with Gasteiger partial charge in [-0.15, -0.1) is 11.3 Å². The van der Waals surface area contributed by atoms with Gasteiger partial charge in [0.15, 0.2) is 0 Å². The zero-order valence-corrected chi connectivity index (χ0v) is 19.2. The Kier molecular flexibility index (Phi) is 6.26. The van der Waals surface area contributed by atoms with Crippen LogP contribution in [-0.4, -0.2) is 21.5 Å². The Morgan fingerprint density at radius 2 is 1.76 bits per heavy atom. The molecule has 0 aliphatic rings. The van der Waals surface area contributed by atoms with Gasteiger partial charge in [-0.3, -0.25) is 0 Å². The molecule has 2 aromatic heterocycles. The van der Waals surface area contributed by atoms with Crippen molar-refractivity contribution in [3.05, 3.63) is 101 Å². The summed E-state index contributed by atoms with van der Waals surface area (Å²) in [5, 5.41) is 3.45. The zero-order chi connectivity index (χ0) is 22.5. The SMILES string of the molecule is Cc1nc(NCCc2cccc(OCc3ccccc3)c2)cc(-c2ccc3ncsc3c2)n1. The second kappa shape index (κ2) is 9.79. The Morgan fingerprint density at radius 1 is 0.879 bits per heavy atom. The molecule has 6 heteroatoms. The molecule has 33 heavy (non-hydrogen) atoms. The Bertz CT molecular complexity index is 1370. The number of benzene rings is 3. The molecule has 0 spiro atoms. The standard InChI is InChI=1S/C27H24N4OS/c1-19-30-25(22-10-11-24-26(15-22)33-18-29-24)16-27(31-19)28-13-12-20-8-5-9-23(14-20)32-17-21-6-3-2-4-7-21/h2-11,14-16,18H,12-13,17H2,1H3,(H,28,30,31). The first-order valence-electron chi connectivity index (χ1n) is 10.9. The number of aromatic nitrogens is 3. The van der Waals surface area contributed by atoms with Crippen molar-refractivity contribution in [3.8, 4) is 17.0 Å². The number of thiazole rings is 1. The van der Waals surface area contributed by atoms with E-state index in [1.165, 1.54) is 5.56 Å². The van der Waals surface area contributed by atoms with Crippen LogP contribution in [0.2, 0.25) is 0 Å². The number of aryl methyl sites for hydroxylation is 1. The summed E-state index contributed by atoms with van der Waals surface area (Å²) >= 11 is 1.64. The van der Waals surface area contributed by atoms with E-state index in [1.807, 2.05) is 54.9 Å². The van der Waals surface area contributed by atoms with E-state index in [2.05, 4.69) is 56.7 Å². The summed E-state index contributed by atoms with van der Waals surface area (Å²) in [6.45, 7) is 3.26. The van der Waals surface area contributed by atoms with E-state index in [-0.39, 0.29) is 0 Å². The van der Waals surface area contributed by atoms with Crippen LogP contribution in [0.4, 0.5) is 5.82 Å². The Morgan fingerprint density at radius 3 is 2.67 bits per heavy atom. The minimum Gasteiger partial charge on any atom is -0.489 e. The largest absolute Gasteiger partial charge is 0.489 e. The van der Waals surface area contributed by atoms with Crippen LogP contribution >= 0.6 is 11.3 Å². The van der Waals surface area contributed by atoms with Crippen molar-refractivity contribution in [3.63, 3.8) is 0 Å². The molecule has 5 rings (SSSR count). The zero-order valence-electron chi connectivity index (χ0n) is 18.4. The minimum atomic E-state index is 0.568. The van der Waals surface area contributed by atoms with Gasteiger partial charge in [-0.2, -0.15) is 0 Å². The van der Waals surface area contributed by atoms with E-state index in [9.17, 15) is 0 Å². The molecule has 0 unspecified atom stereocenters. The molecule has 5 aromatic rings. The molecule has 0 saturated carbocycles. The number of fused-ring (bicyclic) bond motifs is 1. The number of hydrogen-bond donors (Lipinski definition) is 1. The molecule has 0 aliphatic carbocycles. The van der Waals surface area contributed by atoms with Gasteiger partial charge in [-0.05, 0) is 48.7 Å². The van der Waals surface area contributed by atoms with Gasteiger partial charge in [0.25, 0.3) is 0 Å². The van der Waals surface area contributed by atoms with Crippen LogP contribution in [0.1, 0.15) is 17.0 Å². The van der Waals surface area contributed by atoms with Gasteiger partial charge in [0.1, 0.15) is 24.0 Å². The van der Waals surface area contributed by atoms with E-state index in [0.29, 0.717) is 6.61 Å². The highest BCUT2D eigenvalue weighted by molar-refractivity contribution is 7.16. The second-order valence-corrected chi connectivity index (χ2v) is 8.71. The molecular weight excluding hydrogens is 428 g/mol. The van der Waals surface area contributed by atoms with Crippen molar-refractivity contribution in [2.45, 2.75) is 20.0 Å². The molecule has 0 amide bonds. The highest BCUT2D eigenvalue weighted by Crippen LogP contribution is 2.26. The fourth-order valence-corrected chi connectivity index (χ4v) is 4.40. The fraction of sp³-hybridized carbons (Fsp3) is 0.148. The molecule has 0 saturated heterocycles. The number of rotatable bonds is 8. The van der Waals surface area contributed by atoms with E-state index in [4.69, 9.17) is 4.74 Å². The Hall–Kier alpha value is -3.77. The summed E-state index contributed by atoms with van der Waals surface area (Å²) in [6, 6.07) is 26.7. The predicted octanol–water partition coefficient (Wildman–Crippen LogP) is 6.30. The van der Waals surface area contributed by atoms with Crippen LogP contribution in [0.15, 0.2) is 84.4 Å². The summed E-state index contributed by atoms with van der Waals surface area (Å²) in [7, 11) is 0. The fourth-order valence-electron chi connectivity index (χ4n) is 3.69. The van der Waals surface area contributed by atoms with Crippen molar-refractivity contribution >= 4 is 27.4 Å². The van der Waals surface area contributed by atoms with Gasteiger partial charge in [0, 0.05) is 18.2 Å². The molecule has 2 heterocycles. The average molecular weight is 453 g/mol. The van der Waals surface area contributed by atoms with Crippen molar-refractivity contribution < 1.29 is 4.74 Å². The number of ether oxygens (including phenoxy) is 1. The van der Waals surface area contributed by atoms with E-state index >= 15 is 0 Å². The normalized spacial score (nSPS) is 10.9. The highest BCUT2D eigenvalue weighted by Gasteiger charge is 2.07. The summed E-state index contributed by atoms with van der Waals surface area (Å²) in [4.78, 5) is 13.6. The van der Waals surface area contributed by atoms with Gasteiger partial charge in [0.2, 0.25) is 0 Å². The quantitative estimate of drug-likeness (QED) is 0.300. The van der Waals surface area contributed by atoms with E-state index in [0.717, 1.165) is 57.4 Å².